The third-order valence-corrected chi connectivity index (χ3v) is 5.23. The molecule has 1 aromatic heterocycles. The van der Waals surface area contributed by atoms with Gasteiger partial charge in [-0.3, -0.25) is 4.79 Å². The van der Waals surface area contributed by atoms with Gasteiger partial charge >= 0.3 is 0 Å². The van der Waals surface area contributed by atoms with E-state index in [1.807, 2.05) is 0 Å². The van der Waals surface area contributed by atoms with Crippen molar-refractivity contribution in [3.8, 4) is 0 Å². The summed E-state index contributed by atoms with van der Waals surface area (Å²) in [6.07, 6.45) is 2.32. The Kier molecular flexibility index (Phi) is 4.59. The first-order chi connectivity index (χ1) is 10.6. The van der Waals surface area contributed by atoms with Crippen LogP contribution in [0.15, 0.2) is 22.6 Å². The van der Waals surface area contributed by atoms with Crippen molar-refractivity contribution in [2.75, 3.05) is 19.6 Å². The van der Waals surface area contributed by atoms with Gasteiger partial charge in [-0.1, -0.05) is 30.6 Å². The van der Waals surface area contributed by atoms with Crippen molar-refractivity contribution in [3.63, 3.8) is 0 Å². The number of hydrogen-bond donors (Lipinski definition) is 1. The number of furan rings is 1. The molecule has 0 radical (unpaired) electrons. The highest BCUT2D eigenvalue weighted by atomic mass is 35.5. The molecule has 3 saturated heterocycles. The summed E-state index contributed by atoms with van der Waals surface area (Å²) in [7, 11) is 0. The Labute approximate surface area is 145 Å². The molecule has 23 heavy (non-hydrogen) atoms. The van der Waals surface area contributed by atoms with Crippen LogP contribution in [0.25, 0.3) is 11.0 Å². The van der Waals surface area contributed by atoms with Crippen molar-refractivity contribution in [2.45, 2.75) is 26.3 Å². The highest BCUT2D eigenvalue weighted by Gasteiger charge is 2.35. The van der Waals surface area contributed by atoms with Crippen molar-refractivity contribution in [1.82, 2.24) is 10.2 Å². The van der Waals surface area contributed by atoms with Crippen molar-refractivity contribution < 1.29 is 9.21 Å². The van der Waals surface area contributed by atoms with Crippen LogP contribution in [-0.4, -0.2) is 36.5 Å². The maximum atomic E-state index is 12.5. The Balaban J connectivity index is 0.00000156. The summed E-state index contributed by atoms with van der Waals surface area (Å²) in [5.41, 5.74) is 0.505. The van der Waals surface area contributed by atoms with Crippen molar-refractivity contribution >= 4 is 40.1 Å². The molecule has 1 atom stereocenters. The molecule has 6 heteroatoms. The van der Waals surface area contributed by atoms with Gasteiger partial charge in [-0.05, 0) is 50.0 Å². The number of fused-ring (bicyclic) bond motifs is 4. The third kappa shape index (κ3) is 3.08. The van der Waals surface area contributed by atoms with Gasteiger partial charge in [0.25, 0.3) is 5.91 Å². The van der Waals surface area contributed by atoms with Crippen molar-refractivity contribution in [2.24, 2.45) is 5.92 Å². The largest absolute Gasteiger partial charge is 0.449 e. The second-order valence-corrected chi connectivity index (χ2v) is 6.98. The number of benzene rings is 1. The number of rotatable bonds is 2. The zero-order valence-corrected chi connectivity index (χ0v) is 13.5. The Bertz CT molecular complexity index is 736. The molecule has 3 aliphatic heterocycles. The van der Waals surface area contributed by atoms with E-state index in [4.69, 9.17) is 27.6 Å². The fourth-order valence-corrected chi connectivity index (χ4v) is 4.10. The van der Waals surface area contributed by atoms with E-state index in [0.717, 1.165) is 37.9 Å². The SMILES string of the molecule is C.O=C(N[C@@H]1CN2CCC1CC2)c1cc2cc(Cl)cc(Cl)c2o1. The molecular weight excluding hydrogens is 335 g/mol. The molecule has 4 nitrogen and oxygen atoms in total. The first kappa shape index (κ1) is 16.6. The van der Waals surface area contributed by atoms with Gasteiger partial charge in [-0.25, -0.2) is 0 Å². The summed E-state index contributed by atoms with van der Waals surface area (Å²) in [5, 5.41) is 4.81. The molecule has 1 aromatic carbocycles. The minimum Gasteiger partial charge on any atom is -0.449 e. The van der Waals surface area contributed by atoms with E-state index < -0.39 is 0 Å². The van der Waals surface area contributed by atoms with Crippen molar-refractivity contribution in [1.29, 1.82) is 0 Å². The molecule has 5 rings (SSSR count). The van der Waals surface area contributed by atoms with E-state index in [-0.39, 0.29) is 25.1 Å². The molecule has 0 spiro atoms. The molecule has 2 bridgehead atoms. The maximum Gasteiger partial charge on any atom is 0.287 e. The van der Waals surface area contributed by atoms with E-state index in [1.54, 1.807) is 18.2 Å². The standard InChI is InChI=1S/C16H16Cl2N2O2.CH4/c17-11-5-10-6-14(22-15(10)12(18)7-11)16(21)19-13-8-20-3-1-9(13)2-4-20;/h5-7,9,13H,1-4,8H2,(H,19,21);1H4/t13-;/m1./s1. The maximum absolute atomic E-state index is 12.5. The lowest BCUT2D eigenvalue weighted by Crippen LogP contribution is -2.57. The second kappa shape index (κ2) is 6.34. The number of amides is 1. The molecule has 0 aliphatic carbocycles. The van der Waals surface area contributed by atoms with Crippen LogP contribution in [-0.2, 0) is 0 Å². The van der Waals surface area contributed by atoms with Gasteiger partial charge in [0.1, 0.15) is 0 Å². The lowest BCUT2D eigenvalue weighted by atomic mass is 9.84. The minimum atomic E-state index is -0.179. The average molecular weight is 355 g/mol. The number of carbonyl (C=O) groups excluding carboxylic acids is 1. The quantitative estimate of drug-likeness (QED) is 0.878. The molecule has 0 saturated carbocycles. The predicted octanol–water partition coefficient (Wildman–Crippen LogP) is 4.20. The number of nitrogens with zero attached hydrogens (tertiary/aromatic N) is 1. The van der Waals surface area contributed by atoms with Crippen LogP contribution in [0.3, 0.4) is 0 Å². The molecule has 124 valence electrons. The molecule has 1 amide bonds. The van der Waals surface area contributed by atoms with Crippen LogP contribution >= 0.6 is 23.2 Å². The van der Waals surface area contributed by atoms with Gasteiger partial charge < -0.3 is 14.6 Å². The van der Waals surface area contributed by atoms with Crippen LogP contribution < -0.4 is 5.32 Å². The van der Waals surface area contributed by atoms with Crippen LogP contribution in [0, 0.1) is 5.92 Å². The Morgan fingerprint density at radius 1 is 1.22 bits per heavy atom. The Morgan fingerprint density at radius 2 is 1.96 bits per heavy atom. The van der Waals surface area contributed by atoms with Gasteiger partial charge in [0.15, 0.2) is 11.3 Å². The first-order valence-electron chi connectivity index (χ1n) is 7.52. The number of piperidine rings is 3. The number of halogens is 2. The van der Waals surface area contributed by atoms with Gasteiger partial charge in [0, 0.05) is 23.0 Å². The minimum absolute atomic E-state index is 0. The van der Waals surface area contributed by atoms with E-state index >= 15 is 0 Å². The van der Waals surface area contributed by atoms with Gasteiger partial charge in [0.05, 0.1) is 5.02 Å². The monoisotopic (exact) mass is 354 g/mol. The summed E-state index contributed by atoms with van der Waals surface area (Å²) >= 11 is 12.1. The summed E-state index contributed by atoms with van der Waals surface area (Å²) < 4.78 is 5.62. The fraction of sp³-hybridized carbons (Fsp3) is 0.471. The van der Waals surface area contributed by atoms with Crippen LogP contribution in [0.1, 0.15) is 30.8 Å². The fourth-order valence-electron chi connectivity index (χ4n) is 3.56. The van der Waals surface area contributed by atoms with Crippen LogP contribution in [0.4, 0.5) is 0 Å². The van der Waals surface area contributed by atoms with Crippen LogP contribution in [0.5, 0.6) is 0 Å². The second-order valence-electron chi connectivity index (χ2n) is 6.13. The molecule has 3 aliphatic rings. The van der Waals surface area contributed by atoms with Crippen LogP contribution in [0.2, 0.25) is 10.0 Å². The van der Waals surface area contributed by atoms with Crippen molar-refractivity contribution in [3.05, 3.63) is 34.0 Å². The molecule has 4 heterocycles. The summed E-state index contributed by atoms with van der Waals surface area (Å²) in [4.78, 5) is 14.9. The smallest absolute Gasteiger partial charge is 0.287 e. The van der Waals surface area contributed by atoms with E-state index in [1.165, 1.54) is 0 Å². The molecular formula is C17H20Cl2N2O2. The lowest BCUT2D eigenvalue weighted by Gasteiger charge is -2.44. The predicted molar refractivity (Wildman–Crippen MR) is 93.4 cm³/mol. The zero-order valence-electron chi connectivity index (χ0n) is 11.9. The van der Waals surface area contributed by atoms with Gasteiger partial charge in [0.2, 0.25) is 0 Å². The Morgan fingerprint density at radius 3 is 2.61 bits per heavy atom. The van der Waals surface area contributed by atoms with E-state index in [0.29, 0.717) is 21.5 Å². The highest BCUT2D eigenvalue weighted by molar-refractivity contribution is 6.38. The lowest BCUT2D eigenvalue weighted by molar-refractivity contribution is 0.0607. The molecule has 2 aromatic rings. The number of carbonyl (C=O) groups is 1. The average Bonchev–Trinajstić information content (AvgIpc) is 2.93. The molecule has 3 fully saturated rings. The Hall–Kier alpha value is -1.23. The highest BCUT2D eigenvalue weighted by Crippen LogP contribution is 2.31. The molecule has 1 N–H and O–H groups in total. The number of nitrogens with one attached hydrogen (secondary N) is 1. The first-order valence-corrected chi connectivity index (χ1v) is 8.27. The normalized spacial score (nSPS) is 26.1. The van der Waals surface area contributed by atoms with E-state index in [2.05, 4.69) is 10.2 Å². The van der Waals surface area contributed by atoms with E-state index in [9.17, 15) is 4.79 Å². The molecule has 0 unspecified atom stereocenters. The van der Waals surface area contributed by atoms with Gasteiger partial charge in [-0.15, -0.1) is 0 Å². The van der Waals surface area contributed by atoms with Gasteiger partial charge in [-0.2, -0.15) is 0 Å². The third-order valence-electron chi connectivity index (χ3n) is 4.73. The zero-order chi connectivity index (χ0) is 15.3. The summed E-state index contributed by atoms with van der Waals surface area (Å²) in [6, 6.07) is 5.27. The number of hydrogen-bond acceptors (Lipinski definition) is 3. The summed E-state index contributed by atoms with van der Waals surface area (Å²) in [6.45, 7) is 3.23. The topological polar surface area (TPSA) is 45.5 Å². The summed E-state index contributed by atoms with van der Waals surface area (Å²) in [5.74, 6) is 0.689.